The van der Waals surface area contributed by atoms with Crippen LogP contribution in [0, 0.1) is 0 Å². The lowest BCUT2D eigenvalue weighted by atomic mass is 9.90. The molecule has 0 heteroatoms. The summed E-state index contributed by atoms with van der Waals surface area (Å²) >= 11 is 0. The van der Waals surface area contributed by atoms with Gasteiger partial charge < -0.3 is 0 Å². The van der Waals surface area contributed by atoms with Gasteiger partial charge in [0.25, 0.3) is 0 Å². The van der Waals surface area contributed by atoms with Gasteiger partial charge in [-0.15, -0.1) is 0 Å². The number of hydrogen-bond donors (Lipinski definition) is 0. The molecule has 1 rings (SSSR count). The van der Waals surface area contributed by atoms with Crippen molar-refractivity contribution in [3.8, 4) is 0 Å². The normalized spacial score (nSPS) is 14.8. The third-order valence-electron chi connectivity index (χ3n) is 2.72. The molecule has 0 atom stereocenters. The van der Waals surface area contributed by atoms with Gasteiger partial charge in [-0.3, -0.25) is 0 Å². The summed E-state index contributed by atoms with van der Waals surface area (Å²) in [6.07, 6.45) is 9.76. The zero-order valence-corrected chi connectivity index (χ0v) is 11.9. The third-order valence-corrected chi connectivity index (χ3v) is 2.72. The van der Waals surface area contributed by atoms with Crippen LogP contribution in [0.4, 0.5) is 0 Å². The molecule has 0 unspecified atom stereocenters. The standard InChI is InChI=1S/C11H20.2C2H6/c1-3-4-8-11-9-6-5-7-10(11)2;2*1-2/h3-9H2,1-2H3;2*1-2H3. The molecule has 0 spiro atoms. The van der Waals surface area contributed by atoms with E-state index in [1.165, 1.54) is 44.9 Å². The Labute approximate surface area is 98.2 Å². The molecule has 0 heterocycles. The molecule has 0 saturated carbocycles. The van der Waals surface area contributed by atoms with E-state index >= 15 is 0 Å². The molecule has 0 nitrogen and oxygen atoms in total. The van der Waals surface area contributed by atoms with Gasteiger partial charge >= 0.3 is 0 Å². The first-order valence-electron chi connectivity index (χ1n) is 7.02. The van der Waals surface area contributed by atoms with Crippen LogP contribution in [0.2, 0.25) is 0 Å². The van der Waals surface area contributed by atoms with Crippen LogP contribution in [-0.4, -0.2) is 0 Å². The Morgan fingerprint density at radius 1 is 0.933 bits per heavy atom. The molecule has 1 aliphatic carbocycles. The van der Waals surface area contributed by atoms with E-state index < -0.39 is 0 Å². The second-order valence-electron chi connectivity index (χ2n) is 3.69. The molecular weight excluding hydrogens is 180 g/mol. The highest BCUT2D eigenvalue weighted by atomic mass is 14.1. The highest BCUT2D eigenvalue weighted by molar-refractivity contribution is 5.14. The molecule has 0 aliphatic heterocycles. The smallest absolute Gasteiger partial charge is 0.0318 e. The van der Waals surface area contributed by atoms with Gasteiger partial charge in [-0.2, -0.15) is 0 Å². The Bertz CT molecular complexity index is 142. The molecule has 1 aliphatic rings. The van der Waals surface area contributed by atoms with Gasteiger partial charge in [-0.25, -0.2) is 0 Å². The summed E-state index contributed by atoms with van der Waals surface area (Å²) in [5.74, 6) is 0. The van der Waals surface area contributed by atoms with Crippen molar-refractivity contribution in [1.29, 1.82) is 0 Å². The molecule has 15 heavy (non-hydrogen) atoms. The maximum absolute atomic E-state index is 2.32. The summed E-state index contributed by atoms with van der Waals surface area (Å²) in [5, 5.41) is 0. The first-order valence-corrected chi connectivity index (χ1v) is 7.02. The van der Waals surface area contributed by atoms with Crippen LogP contribution >= 0.6 is 0 Å². The second-order valence-corrected chi connectivity index (χ2v) is 3.69. The van der Waals surface area contributed by atoms with Crippen LogP contribution in [0.1, 0.15) is 86.5 Å². The van der Waals surface area contributed by atoms with E-state index in [2.05, 4.69) is 13.8 Å². The molecule has 0 amide bonds. The minimum Gasteiger partial charge on any atom is -0.0741 e. The molecule has 0 aromatic carbocycles. The average Bonchev–Trinajstić information content (AvgIpc) is 2.33. The number of hydrogen-bond acceptors (Lipinski definition) is 0. The summed E-state index contributed by atoms with van der Waals surface area (Å²) in [5.41, 5.74) is 3.47. The van der Waals surface area contributed by atoms with E-state index in [0.717, 1.165) is 0 Å². The van der Waals surface area contributed by atoms with Gasteiger partial charge in [0.2, 0.25) is 0 Å². The summed E-state index contributed by atoms with van der Waals surface area (Å²) in [7, 11) is 0. The van der Waals surface area contributed by atoms with Crippen molar-refractivity contribution in [2.45, 2.75) is 86.5 Å². The molecule has 0 aromatic heterocycles. The van der Waals surface area contributed by atoms with Crippen molar-refractivity contribution in [2.75, 3.05) is 0 Å². The largest absolute Gasteiger partial charge is 0.0741 e. The van der Waals surface area contributed by atoms with Gasteiger partial charge in [-0.05, 0) is 45.4 Å². The van der Waals surface area contributed by atoms with Crippen LogP contribution in [-0.2, 0) is 0 Å². The lowest BCUT2D eigenvalue weighted by molar-refractivity contribution is 0.631. The molecule has 0 bridgehead atoms. The summed E-state index contributed by atoms with van der Waals surface area (Å²) < 4.78 is 0. The van der Waals surface area contributed by atoms with Gasteiger partial charge in [0, 0.05) is 0 Å². The molecule has 0 saturated heterocycles. The van der Waals surface area contributed by atoms with Crippen molar-refractivity contribution in [1.82, 2.24) is 0 Å². The van der Waals surface area contributed by atoms with Gasteiger partial charge in [0.05, 0.1) is 0 Å². The summed E-state index contributed by atoms with van der Waals surface area (Å²) in [6, 6.07) is 0. The highest BCUT2D eigenvalue weighted by Gasteiger charge is 2.07. The minimum atomic E-state index is 1.34. The second kappa shape index (κ2) is 13.7. The maximum Gasteiger partial charge on any atom is -0.0318 e. The lowest BCUT2D eigenvalue weighted by Gasteiger charge is -2.17. The van der Waals surface area contributed by atoms with Crippen LogP contribution in [0.5, 0.6) is 0 Å². The Kier molecular flexibility index (Phi) is 15.7. The lowest BCUT2D eigenvalue weighted by Crippen LogP contribution is -1.97. The summed E-state index contributed by atoms with van der Waals surface area (Å²) in [6.45, 7) is 12.6. The van der Waals surface area contributed by atoms with Gasteiger partial charge in [0.1, 0.15) is 0 Å². The molecule has 92 valence electrons. The van der Waals surface area contributed by atoms with Crippen molar-refractivity contribution < 1.29 is 0 Å². The third kappa shape index (κ3) is 8.72. The Morgan fingerprint density at radius 3 is 1.93 bits per heavy atom. The van der Waals surface area contributed by atoms with Crippen molar-refractivity contribution in [3.05, 3.63) is 11.1 Å². The number of unbranched alkanes of at least 4 members (excludes halogenated alkanes) is 1. The topological polar surface area (TPSA) is 0 Å². The van der Waals surface area contributed by atoms with E-state index in [1.807, 2.05) is 27.7 Å². The van der Waals surface area contributed by atoms with E-state index in [0.29, 0.717) is 0 Å². The quantitative estimate of drug-likeness (QED) is 0.494. The van der Waals surface area contributed by atoms with Gasteiger partial charge in [-0.1, -0.05) is 52.2 Å². The number of allylic oxidation sites excluding steroid dienone is 2. The van der Waals surface area contributed by atoms with E-state index in [-0.39, 0.29) is 0 Å². The van der Waals surface area contributed by atoms with Crippen LogP contribution < -0.4 is 0 Å². The van der Waals surface area contributed by atoms with Crippen molar-refractivity contribution >= 4 is 0 Å². The minimum absolute atomic E-state index is 1.34. The average molecular weight is 212 g/mol. The van der Waals surface area contributed by atoms with E-state index in [4.69, 9.17) is 0 Å². The fourth-order valence-electron chi connectivity index (χ4n) is 1.85. The van der Waals surface area contributed by atoms with Crippen LogP contribution in [0.15, 0.2) is 11.1 Å². The fraction of sp³-hybridized carbons (Fsp3) is 0.867. The van der Waals surface area contributed by atoms with Crippen LogP contribution in [0.3, 0.4) is 0 Å². The number of rotatable bonds is 3. The molecule has 0 radical (unpaired) electrons. The Balaban J connectivity index is 0. The zero-order chi connectivity index (χ0) is 12.1. The van der Waals surface area contributed by atoms with Gasteiger partial charge in [0.15, 0.2) is 0 Å². The Hall–Kier alpha value is -0.260. The fourth-order valence-corrected chi connectivity index (χ4v) is 1.85. The van der Waals surface area contributed by atoms with E-state index in [1.54, 1.807) is 11.1 Å². The molecule has 0 aromatic rings. The predicted molar refractivity (Wildman–Crippen MR) is 73.4 cm³/mol. The molecule has 0 N–H and O–H groups in total. The maximum atomic E-state index is 2.32. The van der Waals surface area contributed by atoms with Crippen molar-refractivity contribution in [3.63, 3.8) is 0 Å². The van der Waals surface area contributed by atoms with Crippen LogP contribution in [0.25, 0.3) is 0 Å². The zero-order valence-electron chi connectivity index (χ0n) is 11.9. The predicted octanol–water partition coefficient (Wildman–Crippen LogP) is 6.12. The Morgan fingerprint density at radius 2 is 1.47 bits per heavy atom. The molecule has 0 fully saturated rings. The van der Waals surface area contributed by atoms with Crippen molar-refractivity contribution in [2.24, 2.45) is 0 Å². The summed E-state index contributed by atoms with van der Waals surface area (Å²) in [4.78, 5) is 0. The monoisotopic (exact) mass is 212 g/mol. The SMILES string of the molecule is CC.CC.CCCCC1=C(C)CCCC1. The highest BCUT2D eigenvalue weighted by Crippen LogP contribution is 2.27. The molecular formula is C15H32. The first-order chi connectivity index (χ1) is 7.34. The first kappa shape index (κ1) is 17.1. The van der Waals surface area contributed by atoms with E-state index in [9.17, 15) is 0 Å².